The highest BCUT2D eigenvalue weighted by molar-refractivity contribution is 5.94. The Balaban J connectivity index is 1.74. The number of halogens is 2. The summed E-state index contributed by atoms with van der Waals surface area (Å²) in [7, 11) is 0. The molecule has 122 valence electrons. The molecule has 0 unspecified atom stereocenters. The summed E-state index contributed by atoms with van der Waals surface area (Å²) in [6.45, 7) is 1.18. The monoisotopic (exact) mass is 313 g/mol. The number of nitrogens with zero attached hydrogens (tertiary/aromatic N) is 1. The van der Waals surface area contributed by atoms with E-state index in [-0.39, 0.29) is 17.8 Å². The Morgan fingerprint density at radius 2 is 1.95 bits per heavy atom. The van der Waals surface area contributed by atoms with Gasteiger partial charge in [0, 0.05) is 25.3 Å². The maximum absolute atomic E-state index is 12.2. The van der Waals surface area contributed by atoms with Crippen molar-refractivity contribution >= 4 is 5.91 Å². The third kappa shape index (κ3) is 4.66. The van der Waals surface area contributed by atoms with Gasteiger partial charge in [0.1, 0.15) is 5.75 Å². The van der Waals surface area contributed by atoms with Crippen molar-refractivity contribution in [2.45, 2.75) is 38.9 Å². The minimum atomic E-state index is -2.86. The first kappa shape index (κ1) is 16.7. The van der Waals surface area contributed by atoms with Crippen LogP contribution in [0.5, 0.6) is 5.75 Å². The van der Waals surface area contributed by atoms with Crippen molar-refractivity contribution in [1.82, 2.24) is 4.90 Å². The number of alkyl halides is 2. The Morgan fingerprint density at radius 3 is 2.55 bits per heavy atom. The predicted octanol–water partition coefficient (Wildman–Crippen LogP) is 3.32. The summed E-state index contributed by atoms with van der Waals surface area (Å²) in [5.74, 6) is -0.0655. The first-order valence-corrected chi connectivity index (χ1v) is 7.56. The van der Waals surface area contributed by atoms with Crippen LogP contribution in [0, 0.1) is 0 Å². The van der Waals surface area contributed by atoms with Crippen LogP contribution >= 0.6 is 0 Å². The molecule has 1 aromatic rings. The lowest BCUT2D eigenvalue weighted by molar-refractivity contribution is -0.0499. The summed E-state index contributed by atoms with van der Waals surface area (Å²) in [6, 6.07) is 5.74. The van der Waals surface area contributed by atoms with Crippen molar-refractivity contribution in [2.75, 3.05) is 19.7 Å². The highest BCUT2D eigenvalue weighted by atomic mass is 19.3. The van der Waals surface area contributed by atoms with Gasteiger partial charge in [-0.2, -0.15) is 8.78 Å². The van der Waals surface area contributed by atoms with E-state index in [1.54, 1.807) is 4.90 Å². The topological polar surface area (TPSA) is 38.8 Å². The first-order chi connectivity index (χ1) is 10.6. The van der Waals surface area contributed by atoms with Gasteiger partial charge in [-0.3, -0.25) is 4.79 Å². The summed E-state index contributed by atoms with van der Waals surface area (Å²) in [6.07, 6.45) is 3.47. The number of carbonyl (C=O) groups excluding carboxylic acids is 1. The summed E-state index contributed by atoms with van der Waals surface area (Å²) < 4.78 is 34.0. The van der Waals surface area contributed by atoms with Crippen LogP contribution in [0.1, 0.15) is 36.5 Å². The molecule has 0 N–H and O–H groups in total. The Hall–Kier alpha value is -1.69. The molecule has 1 aliphatic rings. The minimum Gasteiger partial charge on any atom is -0.435 e. The highest BCUT2D eigenvalue weighted by Gasteiger charge is 2.31. The van der Waals surface area contributed by atoms with E-state index in [1.807, 2.05) is 0 Å². The molecule has 1 aliphatic heterocycles. The van der Waals surface area contributed by atoms with Gasteiger partial charge in [0.05, 0.1) is 6.10 Å². The molecule has 0 spiro atoms. The number of hydrogen-bond acceptors (Lipinski definition) is 3. The molecule has 0 radical (unpaired) electrons. The predicted molar refractivity (Wildman–Crippen MR) is 78.2 cm³/mol. The maximum Gasteiger partial charge on any atom is 0.387 e. The molecular weight excluding hydrogens is 292 g/mol. The van der Waals surface area contributed by atoms with Crippen molar-refractivity contribution in [1.29, 1.82) is 0 Å². The summed E-state index contributed by atoms with van der Waals surface area (Å²) in [4.78, 5) is 13.9. The second-order valence-electron chi connectivity index (χ2n) is 5.31. The lowest BCUT2D eigenvalue weighted by atomic mass is 10.1. The van der Waals surface area contributed by atoms with Gasteiger partial charge in [0.2, 0.25) is 0 Å². The van der Waals surface area contributed by atoms with E-state index in [0.29, 0.717) is 18.7 Å². The molecule has 2 rings (SSSR count). The molecule has 0 saturated carbocycles. The number of benzene rings is 1. The van der Waals surface area contributed by atoms with Gasteiger partial charge >= 0.3 is 6.61 Å². The zero-order valence-corrected chi connectivity index (χ0v) is 12.6. The summed E-state index contributed by atoms with van der Waals surface area (Å²) in [5, 5.41) is 0. The van der Waals surface area contributed by atoms with Gasteiger partial charge in [-0.1, -0.05) is 19.8 Å². The highest BCUT2D eigenvalue weighted by Crippen LogP contribution is 2.19. The average Bonchev–Trinajstić information content (AvgIpc) is 2.45. The van der Waals surface area contributed by atoms with Crippen LogP contribution in [0.25, 0.3) is 0 Å². The van der Waals surface area contributed by atoms with E-state index in [1.165, 1.54) is 24.3 Å². The fraction of sp³-hybridized carbons (Fsp3) is 0.562. The summed E-state index contributed by atoms with van der Waals surface area (Å²) >= 11 is 0. The smallest absolute Gasteiger partial charge is 0.387 e. The van der Waals surface area contributed by atoms with Crippen LogP contribution in [0.3, 0.4) is 0 Å². The Morgan fingerprint density at radius 1 is 1.27 bits per heavy atom. The Kier molecular flexibility index (Phi) is 6.12. The van der Waals surface area contributed by atoms with Gasteiger partial charge in [-0.05, 0) is 30.7 Å². The molecule has 1 amide bonds. The number of likely N-dealkylation sites (tertiary alicyclic amines) is 1. The molecule has 0 aliphatic carbocycles. The van der Waals surface area contributed by atoms with E-state index in [0.717, 1.165) is 25.9 Å². The normalized spacial score (nSPS) is 15.0. The maximum atomic E-state index is 12.2. The lowest BCUT2D eigenvalue weighted by Gasteiger charge is -2.39. The van der Waals surface area contributed by atoms with Crippen molar-refractivity contribution in [3.8, 4) is 5.75 Å². The fourth-order valence-electron chi connectivity index (χ4n) is 2.27. The molecule has 22 heavy (non-hydrogen) atoms. The summed E-state index contributed by atoms with van der Waals surface area (Å²) in [5.41, 5.74) is 0.464. The molecule has 0 atom stereocenters. The number of ether oxygens (including phenoxy) is 2. The second kappa shape index (κ2) is 8.08. The molecule has 1 aromatic carbocycles. The minimum absolute atomic E-state index is 0.0484. The van der Waals surface area contributed by atoms with Crippen LogP contribution in [0.15, 0.2) is 24.3 Å². The van der Waals surface area contributed by atoms with Crippen molar-refractivity contribution in [2.24, 2.45) is 0 Å². The second-order valence-corrected chi connectivity index (χ2v) is 5.31. The van der Waals surface area contributed by atoms with Gasteiger partial charge in [-0.15, -0.1) is 0 Å². The Bertz CT molecular complexity index is 473. The van der Waals surface area contributed by atoms with E-state index in [2.05, 4.69) is 11.7 Å². The molecule has 1 fully saturated rings. The van der Waals surface area contributed by atoms with Gasteiger partial charge in [-0.25, -0.2) is 0 Å². The molecular formula is C16H21F2NO3. The number of carbonyl (C=O) groups is 1. The van der Waals surface area contributed by atoms with Crippen LogP contribution < -0.4 is 4.74 Å². The fourth-order valence-corrected chi connectivity index (χ4v) is 2.27. The molecule has 0 aromatic heterocycles. The third-order valence-corrected chi connectivity index (χ3v) is 3.56. The van der Waals surface area contributed by atoms with Crippen LogP contribution in [0.2, 0.25) is 0 Å². The third-order valence-electron chi connectivity index (χ3n) is 3.56. The largest absolute Gasteiger partial charge is 0.435 e. The zero-order valence-electron chi connectivity index (χ0n) is 12.6. The van der Waals surface area contributed by atoms with Crippen LogP contribution in [-0.4, -0.2) is 43.2 Å². The molecule has 1 saturated heterocycles. The van der Waals surface area contributed by atoms with Gasteiger partial charge < -0.3 is 14.4 Å². The lowest BCUT2D eigenvalue weighted by Crippen LogP contribution is -2.54. The van der Waals surface area contributed by atoms with E-state index < -0.39 is 6.61 Å². The van der Waals surface area contributed by atoms with Crippen molar-refractivity contribution < 1.29 is 23.0 Å². The standard InChI is InChI=1S/C16H21F2NO3/c1-2-3-4-9-21-14-10-19(11-14)15(20)12-5-7-13(8-6-12)22-16(17)18/h5-8,14,16H,2-4,9-11H2,1H3. The average molecular weight is 313 g/mol. The molecule has 0 bridgehead atoms. The van der Waals surface area contributed by atoms with Gasteiger partial charge in [0.25, 0.3) is 5.91 Å². The van der Waals surface area contributed by atoms with E-state index in [9.17, 15) is 13.6 Å². The number of hydrogen-bond donors (Lipinski definition) is 0. The number of unbranched alkanes of at least 4 members (excludes halogenated alkanes) is 2. The Labute approximate surface area is 129 Å². The van der Waals surface area contributed by atoms with Crippen LogP contribution in [-0.2, 0) is 4.74 Å². The van der Waals surface area contributed by atoms with Crippen molar-refractivity contribution in [3.63, 3.8) is 0 Å². The molecule has 1 heterocycles. The quantitative estimate of drug-likeness (QED) is 0.691. The number of amides is 1. The molecule has 6 heteroatoms. The number of rotatable bonds is 8. The van der Waals surface area contributed by atoms with E-state index >= 15 is 0 Å². The zero-order chi connectivity index (χ0) is 15.9. The van der Waals surface area contributed by atoms with E-state index in [4.69, 9.17) is 4.74 Å². The van der Waals surface area contributed by atoms with Crippen LogP contribution in [0.4, 0.5) is 8.78 Å². The van der Waals surface area contributed by atoms with Gasteiger partial charge in [0.15, 0.2) is 0 Å². The molecule has 4 nitrogen and oxygen atoms in total. The first-order valence-electron chi connectivity index (χ1n) is 7.56. The van der Waals surface area contributed by atoms with Crippen molar-refractivity contribution in [3.05, 3.63) is 29.8 Å². The SMILES string of the molecule is CCCCCOC1CN(C(=O)c2ccc(OC(F)F)cc2)C1.